The summed E-state index contributed by atoms with van der Waals surface area (Å²) in [7, 11) is 1.71. The van der Waals surface area contributed by atoms with Crippen molar-refractivity contribution in [2.24, 2.45) is 5.92 Å². The predicted molar refractivity (Wildman–Crippen MR) is 94.5 cm³/mol. The molecule has 2 amide bonds. The molecule has 0 aliphatic carbocycles. The fraction of sp³-hybridized carbons (Fsp3) is 0.300. The van der Waals surface area contributed by atoms with Crippen LogP contribution in [0.4, 0.5) is 10.1 Å². The van der Waals surface area contributed by atoms with E-state index in [1.807, 2.05) is 30.3 Å². The summed E-state index contributed by atoms with van der Waals surface area (Å²) in [6.45, 7) is 2.56. The van der Waals surface area contributed by atoms with Crippen LogP contribution in [-0.2, 0) is 16.1 Å². The molecular weight excluding hydrogens is 319 g/mol. The van der Waals surface area contributed by atoms with Crippen LogP contribution in [0.15, 0.2) is 48.5 Å². The molecule has 0 aromatic heterocycles. The van der Waals surface area contributed by atoms with E-state index in [2.05, 4.69) is 0 Å². The van der Waals surface area contributed by atoms with Gasteiger partial charge in [-0.15, -0.1) is 0 Å². The van der Waals surface area contributed by atoms with E-state index in [0.29, 0.717) is 30.8 Å². The molecule has 5 heteroatoms. The van der Waals surface area contributed by atoms with Crippen molar-refractivity contribution in [3.05, 3.63) is 65.5 Å². The number of nitrogens with zero attached hydrogens (tertiary/aromatic N) is 2. The van der Waals surface area contributed by atoms with Gasteiger partial charge in [-0.25, -0.2) is 4.39 Å². The molecule has 0 radical (unpaired) electrons. The summed E-state index contributed by atoms with van der Waals surface area (Å²) in [5, 5.41) is 0. The predicted octanol–water partition coefficient (Wildman–Crippen LogP) is 3.15. The van der Waals surface area contributed by atoms with Crippen LogP contribution in [0.25, 0.3) is 0 Å². The van der Waals surface area contributed by atoms with Crippen LogP contribution >= 0.6 is 0 Å². The Morgan fingerprint density at radius 3 is 2.64 bits per heavy atom. The number of rotatable bonds is 4. The molecule has 1 unspecified atom stereocenters. The van der Waals surface area contributed by atoms with Crippen molar-refractivity contribution < 1.29 is 14.0 Å². The first-order valence-electron chi connectivity index (χ1n) is 8.34. The summed E-state index contributed by atoms with van der Waals surface area (Å²) < 4.78 is 13.8. The number of benzene rings is 2. The highest BCUT2D eigenvalue weighted by Gasteiger charge is 2.39. The second-order valence-electron chi connectivity index (χ2n) is 6.44. The van der Waals surface area contributed by atoms with Crippen molar-refractivity contribution in [3.63, 3.8) is 0 Å². The van der Waals surface area contributed by atoms with Crippen molar-refractivity contribution in [1.29, 1.82) is 0 Å². The number of aryl methyl sites for hydroxylation is 1. The fourth-order valence-corrected chi connectivity index (χ4v) is 3.12. The number of carbonyl (C=O) groups is 2. The minimum Gasteiger partial charge on any atom is -0.341 e. The molecule has 0 spiro atoms. The maximum absolute atomic E-state index is 13.8. The first-order valence-corrected chi connectivity index (χ1v) is 8.34. The van der Waals surface area contributed by atoms with Gasteiger partial charge in [-0.2, -0.15) is 0 Å². The molecule has 4 nitrogen and oxygen atoms in total. The van der Waals surface area contributed by atoms with Gasteiger partial charge in [0.2, 0.25) is 11.8 Å². The molecule has 2 aromatic rings. The third-order valence-corrected chi connectivity index (χ3v) is 4.61. The van der Waals surface area contributed by atoms with E-state index in [1.165, 1.54) is 11.0 Å². The number of hydrogen-bond acceptors (Lipinski definition) is 2. The van der Waals surface area contributed by atoms with Crippen LogP contribution in [0, 0.1) is 18.7 Å². The Morgan fingerprint density at radius 2 is 1.96 bits per heavy atom. The van der Waals surface area contributed by atoms with Gasteiger partial charge < -0.3 is 9.80 Å². The Kier molecular flexibility index (Phi) is 4.83. The SMILES string of the molecule is Cc1ccc(N2CCC(C(=O)N(C)Cc3ccccc3)C2=O)cc1F. The third-order valence-electron chi connectivity index (χ3n) is 4.61. The summed E-state index contributed by atoms with van der Waals surface area (Å²) in [6, 6.07) is 14.4. The Labute approximate surface area is 146 Å². The Morgan fingerprint density at radius 1 is 1.24 bits per heavy atom. The van der Waals surface area contributed by atoms with Gasteiger partial charge in [0, 0.05) is 25.8 Å². The summed E-state index contributed by atoms with van der Waals surface area (Å²) >= 11 is 0. The number of hydrogen-bond donors (Lipinski definition) is 0. The summed E-state index contributed by atoms with van der Waals surface area (Å²) in [5.74, 6) is -1.49. The van der Waals surface area contributed by atoms with Crippen LogP contribution in [0.1, 0.15) is 17.5 Å². The lowest BCUT2D eigenvalue weighted by Gasteiger charge is -2.21. The molecule has 1 saturated heterocycles. The largest absolute Gasteiger partial charge is 0.341 e. The van der Waals surface area contributed by atoms with Crippen LogP contribution in [0.3, 0.4) is 0 Å². The van der Waals surface area contributed by atoms with Gasteiger partial charge in [-0.05, 0) is 36.6 Å². The number of anilines is 1. The van der Waals surface area contributed by atoms with E-state index in [0.717, 1.165) is 5.56 Å². The zero-order valence-corrected chi connectivity index (χ0v) is 14.4. The van der Waals surface area contributed by atoms with Gasteiger partial charge in [0.15, 0.2) is 0 Å². The van der Waals surface area contributed by atoms with Crippen molar-refractivity contribution in [1.82, 2.24) is 4.90 Å². The first-order chi connectivity index (χ1) is 12.0. The number of amides is 2. The topological polar surface area (TPSA) is 40.6 Å². The number of halogens is 1. The summed E-state index contributed by atoms with van der Waals surface area (Å²) in [6.07, 6.45) is 0.451. The fourth-order valence-electron chi connectivity index (χ4n) is 3.12. The van der Waals surface area contributed by atoms with Gasteiger partial charge in [-0.1, -0.05) is 36.4 Å². The average Bonchev–Trinajstić information content (AvgIpc) is 2.99. The van der Waals surface area contributed by atoms with Gasteiger partial charge in [0.25, 0.3) is 0 Å². The molecule has 2 aromatic carbocycles. The molecule has 3 rings (SSSR count). The highest BCUT2D eigenvalue weighted by Crippen LogP contribution is 2.28. The average molecular weight is 340 g/mol. The van der Waals surface area contributed by atoms with Gasteiger partial charge in [0.1, 0.15) is 11.7 Å². The second kappa shape index (κ2) is 7.05. The van der Waals surface area contributed by atoms with E-state index in [4.69, 9.17) is 0 Å². The molecular formula is C20H21FN2O2. The van der Waals surface area contributed by atoms with E-state index in [9.17, 15) is 14.0 Å². The molecule has 1 aliphatic rings. The number of carbonyl (C=O) groups excluding carboxylic acids is 2. The molecule has 1 heterocycles. The Balaban J connectivity index is 1.70. The minimum atomic E-state index is -0.696. The second-order valence-corrected chi connectivity index (χ2v) is 6.44. The van der Waals surface area contributed by atoms with Gasteiger partial charge in [0.05, 0.1) is 0 Å². The molecule has 0 bridgehead atoms. The highest BCUT2D eigenvalue weighted by atomic mass is 19.1. The molecule has 0 saturated carbocycles. The van der Waals surface area contributed by atoms with E-state index in [1.54, 1.807) is 31.0 Å². The van der Waals surface area contributed by atoms with Crippen LogP contribution in [0.2, 0.25) is 0 Å². The molecule has 25 heavy (non-hydrogen) atoms. The maximum atomic E-state index is 13.8. The van der Waals surface area contributed by atoms with Crippen molar-refractivity contribution in [2.45, 2.75) is 19.9 Å². The Bertz CT molecular complexity index is 792. The van der Waals surface area contributed by atoms with E-state index >= 15 is 0 Å². The minimum absolute atomic E-state index is 0.191. The summed E-state index contributed by atoms with van der Waals surface area (Å²) in [4.78, 5) is 28.4. The highest BCUT2D eigenvalue weighted by molar-refractivity contribution is 6.09. The van der Waals surface area contributed by atoms with Crippen molar-refractivity contribution >= 4 is 17.5 Å². The lowest BCUT2D eigenvalue weighted by atomic mass is 10.1. The molecule has 1 atom stereocenters. The van der Waals surface area contributed by atoms with E-state index in [-0.39, 0.29) is 17.6 Å². The van der Waals surface area contributed by atoms with Crippen LogP contribution < -0.4 is 4.90 Å². The molecule has 130 valence electrons. The van der Waals surface area contributed by atoms with Gasteiger partial charge >= 0.3 is 0 Å². The normalized spacial score (nSPS) is 17.0. The third kappa shape index (κ3) is 3.55. The smallest absolute Gasteiger partial charge is 0.239 e. The van der Waals surface area contributed by atoms with Crippen LogP contribution in [-0.4, -0.2) is 30.3 Å². The van der Waals surface area contributed by atoms with Crippen molar-refractivity contribution in [3.8, 4) is 0 Å². The molecule has 0 N–H and O–H groups in total. The van der Waals surface area contributed by atoms with E-state index < -0.39 is 5.92 Å². The monoisotopic (exact) mass is 340 g/mol. The maximum Gasteiger partial charge on any atom is 0.239 e. The lowest BCUT2D eigenvalue weighted by molar-refractivity contribution is -0.139. The zero-order valence-electron chi connectivity index (χ0n) is 14.4. The zero-order chi connectivity index (χ0) is 18.0. The molecule has 1 aliphatic heterocycles. The van der Waals surface area contributed by atoms with Crippen LogP contribution in [0.5, 0.6) is 0 Å². The Hall–Kier alpha value is -2.69. The quantitative estimate of drug-likeness (QED) is 0.802. The van der Waals surface area contributed by atoms with Crippen molar-refractivity contribution in [2.75, 3.05) is 18.5 Å². The standard InChI is InChI=1S/C20H21FN2O2/c1-14-8-9-16(12-18(14)21)23-11-10-17(20(23)25)19(24)22(2)13-15-6-4-3-5-7-15/h3-9,12,17H,10-11,13H2,1-2H3. The lowest BCUT2D eigenvalue weighted by Crippen LogP contribution is -2.37. The molecule has 1 fully saturated rings. The summed E-state index contributed by atoms with van der Waals surface area (Å²) in [5.41, 5.74) is 2.06. The first kappa shape index (κ1) is 17.1. The van der Waals surface area contributed by atoms with Gasteiger partial charge in [-0.3, -0.25) is 9.59 Å².